The van der Waals surface area contributed by atoms with Crippen molar-refractivity contribution in [2.75, 3.05) is 6.61 Å². The van der Waals surface area contributed by atoms with Crippen molar-refractivity contribution in [2.24, 2.45) is 5.16 Å². The van der Waals surface area contributed by atoms with Crippen LogP contribution in [0.1, 0.15) is 18.5 Å². The Hall–Kier alpha value is -1.85. The first-order valence-electron chi connectivity index (χ1n) is 4.03. The largest absolute Gasteiger partial charge is 0.466 e. The molecule has 0 aliphatic rings. The fraction of sp³-hybridized carbons (Fsp3) is 0.375. The van der Waals surface area contributed by atoms with Gasteiger partial charge < -0.3 is 14.4 Å². The summed E-state index contributed by atoms with van der Waals surface area (Å²) in [6.07, 6.45) is 2.40. The molecule has 1 aromatic rings. The molecule has 0 aliphatic heterocycles. The van der Waals surface area contributed by atoms with Gasteiger partial charge in [0.25, 0.3) is 0 Å². The van der Waals surface area contributed by atoms with Gasteiger partial charge in [-0.1, -0.05) is 5.16 Å². The molecule has 0 saturated carbocycles. The molecular formula is C8H10N2O4. The lowest BCUT2D eigenvalue weighted by molar-refractivity contribution is -0.142. The third kappa shape index (κ3) is 2.89. The number of carbonyl (C=O) groups excluding carboxylic acids is 1. The summed E-state index contributed by atoms with van der Waals surface area (Å²) in [5, 5.41) is 10.9. The number of nitrogens with zero attached hydrogens (tertiary/aromatic N) is 2. The number of oxazole rings is 1. The second-order valence-electron chi connectivity index (χ2n) is 2.40. The maximum Gasteiger partial charge on any atom is 0.311 e. The lowest BCUT2D eigenvalue weighted by atomic mass is 10.3. The summed E-state index contributed by atoms with van der Waals surface area (Å²) >= 11 is 0. The Morgan fingerprint density at radius 2 is 2.64 bits per heavy atom. The Labute approximate surface area is 80.2 Å². The Morgan fingerprint density at radius 1 is 1.86 bits per heavy atom. The van der Waals surface area contributed by atoms with Gasteiger partial charge in [0.2, 0.25) is 5.89 Å². The monoisotopic (exact) mass is 198 g/mol. The van der Waals surface area contributed by atoms with Crippen molar-refractivity contribution in [3.63, 3.8) is 0 Å². The van der Waals surface area contributed by atoms with E-state index in [1.807, 2.05) is 0 Å². The molecule has 0 bridgehead atoms. The van der Waals surface area contributed by atoms with Crippen LogP contribution >= 0.6 is 0 Å². The molecule has 0 atom stereocenters. The van der Waals surface area contributed by atoms with Gasteiger partial charge in [0.05, 0.1) is 18.7 Å². The van der Waals surface area contributed by atoms with Gasteiger partial charge in [0.1, 0.15) is 12.5 Å². The zero-order chi connectivity index (χ0) is 10.4. The van der Waals surface area contributed by atoms with Crippen LogP contribution in [0.3, 0.4) is 0 Å². The highest BCUT2D eigenvalue weighted by atomic mass is 16.5. The Morgan fingerprint density at radius 3 is 3.29 bits per heavy atom. The highest BCUT2D eigenvalue weighted by Gasteiger charge is 2.08. The average Bonchev–Trinajstić information content (AvgIpc) is 2.53. The predicted molar refractivity (Wildman–Crippen MR) is 46.2 cm³/mol. The van der Waals surface area contributed by atoms with Gasteiger partial charge in [-0.3, -0.25) is 4.79 Å². The van der Waals surface area contributed by atoms with Crippen LogP contribution in [-0.4, -0.2) is 29.0 Å². The molecule has 6 nitrogen and oxygen atoms in total. The van der Waals surface area contributed by atoms with E-state index in [2.05, 4.69) is 10.1 Å². The lowest BCUT2D eigenvalue weighted by Crippen LogP contribution is -2.07. The molecular weight excluding hydrogens is 188 g/mol. The third-order valence-corrected chi connectivity index (χ3v) is 1.37. The molecule has 0 unspecified atom stereocenters. The van der Waals surface area contributed by atoms with Crippen LogP contribution in [0.15, 0.2) is 15.8 Å². The molecule has 0 fully saturated rings. The van der Waals surface area contributed by atoms with E-state index in [1.165, 1.54) is 6.26 Å². The van der Waals surface area contributed by atoms with Gasteiger partial charge in [0.15, 0.2) is 0 Å². The highest BCUT2D eigenvalue weighted by molar-refractivity contribution is 5.74. The average molecular weight is 198 g/mol. The summed E-state index contributed by atoms with van der Waals surface area (Å²) < 4.78 is 9.57. The van der Waals surface area contributed by atoms with Crippen molar-refractivity contribution in [1.82, 2.24) is 4.98 Å². The lowest BCUT2D eigenvalue weighted by Gasteiger charge is -1.96. The fourth-order valence-electron chi connectivity index (χ4n) is 0.872. The number of carbonyl (C=O) groups is 1. The highest BCUT2D eigenvalue weighted by Crippen LogP contribution is 2.01. The molecule has 1 heterocycles. The fourth-order valence-corrected chi connectivity index (χ4v) is 0.872. The van der Waals surface area contributed by atoms with Gasteiger partial charge in [-0.15, -0.1) is 0 Å². The second-order valence-corrected chi connectivity index (χ2v) is 2.40. The number of aromatic nitrogens is 1. The van der Waals surface area contributed by atoms with Gasteiger partial charge in [0, 0.05) is 0 Å². The summed E-state index contributed by atoms with van der Waals surface area (Å²) in [5.74, 6) is -0.222. The van der Waals surface area contributed by atoms with Crippen LogP contribution in [0.5, 0.6) is 0 Å². The van der Waals surface area contributed by atoms with Gasteiger partial charge >= 0.3 is 5.97 Å². The van der Waals surface area contributed by atoms with Crippen molar-refractivity contribution < 1.29 is 19.2 Å². The van der Waals surface area contributed by atoms with Crippen LogP contribution in [0, 0.1) is 0 Å². The minimum absolute atomic E-state index is 0.0522. The molecule has 1 N–H and O–H groups in total. The van der Waals surface area contributed by atoms with Crippen molar-refractivity contribution in [3.05, 3.63) is 17.8 Å². The number of rotatable bonds is 4. The van der Waals surface area contributed by atoms with E-state index >= 15 is 0 Å². The summed E-state index contributed by atoms with van der Waals surface area (Å²) in [5.41, 5.74) is 0.443. The number of oxime groups is 1. The molecule has 1 rings (SSSR count). The van der Waals surface area contributed by atoms with Crippen LogP contribution in [0.4, 0.5) is 0 Å². The maximum atomic E-state index is 11.0. The summed E-state index contributed by atoms with van der Waals surface area (Å²) in [6.45, 7) is 2.06. The van der Waals surface area contributed by atoms with Crippen molar-refractivity contribution in [2.45, 2.75) is 13.3 Å². The van der Waals surface area contributed by atoms with Crippen LogP contribution in [0.2, 0.25) is 0 Å². The van der Waals surface area contributed by atoms with Crippen molar-refractivity contribution >= 4 is 12.2 Å². The third-order valence-electron chi connectivity index (χ3n) is 1.37. The van der Waals surface area contributed by atoms with E-state index in [0.29, 0.717) is 12.3 Å². The summed E-state index contributed by atoms with van der Waals surface area (Å²) in [6, 6.07) is 0. The van der Waals surface area contributed by atoms with Gasteiger partial charge in [-0.2, -0.15) is 0 Å². The van der Waals surface area contributed by atoms with Gasteiger partial charge in [-0.05, 0) is 6.92 Å². The molecule has 0 radical (unpaired) electrons. The SMILES string of the molecule is CCOC(=O)Cc1coc(/C=N\O)n1. The van der Waals surface area contributed by atoms with Gasteiger partial charge in [-0.25, -0.2) is 4.98 Å². The summed E-state index contributed by atoms with van der Waals surface area (Å²) in [7, 11) is 0. The van der Waals surface area contributed by atoms with Crippen LogP contribution in [-0.2, 0) is 16.0 Å². The Kier molecular flexibility index (Phi) is 3.66. The number of ether oxygens (including phenoxy) is 1. The van der Waals surface area contributed by atoms with Crippen molar-refractivity contribution in [1.29, 1.82) is 0 Å². The molecule has 6 heteroatoms. The zero-order valence-electron chi connectivity index (χ0n) is 7.64. The van der Waals surface area contributed by atoms with Crippen LogP contribution < -0.4 is 0 Å². The van der Waals surface area contributed by atoms with Crippen LogP contribution in [0.25, 0.3) is 0 Å². The molecule has 14 heavy (non-hydrogen) atoms. The minimum atomic E-state index is -0.367. The topological polar surface area (TPSA) is 84.9 Å². The first-order valence-corrected chi connectivity index (χ1v) is 4.03. The number of hydrogen-bond donors (Lipinski definition) is 1. The standard InChI is InChI=1S/C8H10N2O4/c1-2-13-8(11)3-6-5-14-7(10-6)4-9-12/h4-5,12H,2-3H2,1H3/b9-4-. The van der Waals surface area contributed by atoms with E-state index in [4.69, 9.17) is 14.4 Å². The van der Waals surface area contributed by atoms with E-state index in [1.54, 1.807) is 6.92 Å². The van der Waals surface area contributed by atoms with E-state index < -0.39 is 0 Å². The molecule has 0 amide bonds. The smallest absolute Gasteiger partial charge is 0.311 e. The first kappa shape index (κ1) is 10.2. The normalized spacial score (nSPS) is 10.6. The first-order chi connectivity index (χ1) is 6.76. The molecule has 76 valence electrons. The molecule has 0 saturated heterocycles. The minimum Gasteiger partial charge on any atom is -0.466 e. The molecule has 0 aromatic carbocycles. The quantitative estimate of drug-likeness (QED) is 0.331. The molecule has 0 spiro atoms. The second kappa shape index (κ2) is 5.00. The number of hydrogen-bond acceptors (Lipinski definition) is 6. The van der Waals surface area contributed by atoms with E-state index in [-0.39, 0.29) is 18.3 Å². The Bertz CT molecular complexity index is 332. The number of esters is 1. The Balaban J connectivity index is 2.55. The molecule has 0 aliphatic carbocycles. The maximum absolute atomic E-state index is 11.0. The summed E-state index contributed by atoms with van der Waals surface area (Å²) in [4.78, 5) is 14.8. The molecule has 1 aromatic heterocycles. The zero-order valence-corrected chi connectivity index (χ0v) is 7.64. The van der Waals surface area contributed by atoms with E-state index in [9.17, 15) is 4.79 Å². The van der Waals surface area contributed by atoms with Crippen molar-refractivity contribution in [3.8, 4) is 0 Å². The van der Waals surface area contributed by atoms with E-state index in [0.717, 1.165) is 6.21 Å². The predicted octanol–water partition coefficient (Wildman–Crippen LogP) is 0.588.